The zero-order valence-electron chi connectivity index (χ0n) is 8.42. The van der Waals surface area contributed by atoms with Crippen LogP contribution in [-0.4, -0.2) is 15.6 Å². The highest BCUT2D eigenvalue weighted by Gasteiger charge is 2.11. The average Bonchev–Trinajstić information content (AvgIpc) is 2.66. The largest absolute Gasteiger partial charge is 0.351 e. The van der Waals surface area contributed by atoms with Gasteiger partial charge in [-0.3, -0.25) is 4.57 Å². The summed E-state index contributed by atoms with van der Waals surface area (Å²) >= 11 is 0. The van der Waals surface area contributed by atoms with Gasteiger partial charge in [0.2, 0.25) is 0 Å². The fourth-order valence-corrected chi connectivity index (χ4v) is 1.87. The molecule has 1 amide bonds. The first-order valence-corrected chi connectivity index (χ1v) is 4.92. The third-order valence-corrected chi connectivity index (χ3v) is 2.63. The molecule has 0 saturated heterocycles. The number of pyridine rings is 1. The fraction of sp³-hybridized carbons (Fsp3) is 0. The SMILES string of the molecule is NC(=O)n1ccc2c3ccccc3nc-2c1. The smallest absolute Gasteiger partial charge is 0.322 e. The molecule has 16 heavy (non-hydrogen) atoms. The normalized spacial score (nSPS) is 11.0. The van der Waals surface area contributed by atoms with Gasteiger partial charge in [-0.25, -0.2) is 9.78 Å². The molecule has 0 radical (unpaired) electrons. The van der Waals surface area contributed by atoms with Crippen LogP contribution in [0.15, 0.2) is 42.7 Å². The van der Waals surface area contributed by atoms with E-state index in [9.17, 15) is 4.79 Å². The molecule has 1 aromatic rings. The van der Waals surface area contributed by atoms with Gasteiger partial charge in [-0.1, -0.05) is 18.2 Å². The van der Waals surface area contributed by atoms with Crippen molar-refractivity contribution in [1.29, 1.82) is 0 Å². The van der Waals surface area contributed by atoms with Gasteiger partial charge in [0.05, 0.1) is 11.2 Å². The van der Waals surface area contributed by atoms with Crippen molar-refractivity contribution in [1.82, 2.24) is 9.55 Å². The minimum Gasteiger partial charge on any atom is -0.351 e. The fourth-order valence-electron chi connectivity index (χ4n) is 1.87. The number of nitrogens with zero attached hydrogens (tertiary/aromatic N) is 2. The van der Waals surface area contributed by atoms with Crippen LogP contribution in [0.25, 0.3) is 22.2 Å². The maximum absolute atomic E-state index is 11.0. The third-order valence-electron chi connectivity index (χ3n) is 2.63. The Morgan fingerprint density at radius 1 is 1.25 bits per heavy atom. The van der Waals surface area contributed by atoms with Gasteiger partial charge in [0.1, 0.15) is 0 Å². The van der Waals surface area contributed by atoms with Crippen molar-refractivity contribution < 1.29 is 4.79 Å². The molecule has 0 saturated carbocycles. The molecule has 0 unspecified atom stereocenters. The number of primary amides is 1. The number of carbonyl (C=O) groups is 1. The number of fused-ring (bicyclic) bond motifs is 3. The van der Waals surface area contributed by atoms with Crippen LogP contribution in [0.3, 0.4) is 0 Å². The van der Waals surface area contributed by atoms with Gasteiger partial charge in [-0.05, 0) is 12.1 Å². The van der Waals surface area contributed by atoms with Gasteiger partial charge >= 0.3 is 6.03 Å². The number of amides is 1. The summed E-state index contributed by atoms with van der Waals surface area (Å²) in [4.78, 5) is 15.4. The molecular weight excluding hydrogens is 202 g/mol. The lowest BCUT2D eigenvalue weighted by Crippen LogP contribution is -2.19. The van der Waals surface area contributed by atoms with Crippen LogP contribution in [-0.2, 0) is 0 Å². The number of aromatic nitrogens is 2. The van der Waals surface area contributed by atoms with E-state index in [-0.39, 0.29) is 0 Å². The molecule has 0 aromatic heterocycles. The zero-order chi connectivity index (χ0) is 11.1. The van der Waals surface area contributed by atoms with Crippen LogP contribution in [0.4, 0.5) is 4.79 Å². The molecule has 1 aromatic carbocycles. The van der Waals surface area contributed by atoms with Crippen molar-refractivity contribution in [2.75, 3.05) is 0 Å². The first-order chi connectivity index (χ1) is 7.75. The first-order valence-electron chi connectivity index (χ1n) is 4.92. The molecule has 2 heterocycles. The third kappa shape index (κ3) is 1.16. The van der Waals surface area contributed by atoms with E-state index < -0.39 is 6.03 Å². The predicted octanol–water partition coefficient (Wildman–Crippen LogP) is 2.07. The molecule has 0 fully saturated rings. The predicted molar refractivity (Wildman–Crippen MR) is 61.3 cm³/mol. The highest BCUT2D eigenvalue weighted by molar-refractivity contribution is 5.97. The van der Waals surface area contributed by atoms with E-state index in [1.54, 1.807) is 12.4 Å². The quantitative estimate of drug-likeness (QED) is 0.618. The Hall–Kier alpha value is -2.36. The second kappa shape index (κ2) is 3.06. The molecule has 0 aliphatic carbocycles. The number of hydrogen-bond acceptors (Lipinski definition) is 2. The number of hydrogen-bond donors (Lipinski definition) is 1. The summed E-state index contributed by atoms with van der Waals surface area (Å²) < 4.78 is 1.33. The van der Waals surface area contributed by atoms with Crippen LogP contribution >= 0.6 is 0 Å². The Kier molecular flexibility index (Phi) is 1.71. The molecule has 0 spiro atoms. The molecule has 0 bridgehead atoms. The molecule has 4 heteroatoms. The molecule has 78 valence electrons. The Morgan fingerprint density at radius 3 is 2.88 bits per heavy atom. The van der Waals surface area contributed by atoms with Gasteiger partial charge in [0.25, 0.3) is 0 Å². The van der Waals surface area contributed by atoms with Crippen molar-refractivity contribution in [3.05, 3.63) is 42.7 Å². The van der Waals surface area contributed by atoms with Crippen molar-refractivity contribution in [3.63, 3.8) is 0 Å². The zero-order valence-corrected chi connectivity index (χ0v) is 8.42. The lowest BCUT2D eigenvalue weighted by molar-refractivity contribution is 0.250. The maximum Gasteiger partial charge on any atom is 0.322 e. The minimum atomic E-state index is -0.506. The monoisotopic (exact) mass is 211 g/mol. The standard InChI is InChI=1S/C12H9N3O/c13-12(16)15-6-5-9-8-3-1-2-4-10(8)14-11(9)7-15/h1-7H,(H2,13,16). The highest BCUT2D eigenvalue weighted by atomic mass is 16.2. The van der Waals surface area contributed by atoms with Crippen LogP contribution in [0.1, 0.15) is 0 Å². The van der Waals surface area contributed by atoms with Crippen LogP contribution in [0.2, 0.25) is 0 Å². The van der Waals surface area contributed by atoms with Gasteiger partial charge in [-0.15, -0.1) is 0 Å². The van der Waals surface area contributed by atoms with Crippen LogP contribution in [0, 0.1) is 0 Å². The van der Waals surface area contributed by atoms with Gasteiger partial charge in [-0.2, -0.15) is 0 Å². The van der Waals surface area contributed by atoms with Crippen molar-refractivity contribution in [2.45, 2.75) is 0 Å². The minimum absolute atomic E-state index is 0.506. The number of nitrogens with two attached hydrogens (primary N) is 1. The Morgan fingerprint density at radius 2 is 2.06 bits per heavy atom. The van der Waals surface area contributed by atoms with Crippen molar-refractivity contribution >= 4 is 16.9 Å². The van der Waals surface area contributed by atoms with E-state index in [4.69, 9.17) is 5.73 Å². The van der Waals surface area contributed by atoms with Crippen LogP contribution < -0.4 is 5.73 Å². The molecule has 0 atom stereocenters. The Labute approximate surface area is 91.7 Å². The van der Waals surface area contributed by atoms with E-state index >= 15 is 0 Å². The van der Waals surface area contributed by atoms with Gasteiger partial charge in [0, 0.05) is 23.3 Å². The van der Waals surface area contributed by atoms with Crippen molar-refractivity contribution in [2.24, 2.45) is 5.73 Å². The van der Waals surface area contributed by atoms with E-state index in [1.807, 2.05) is 30.3 Å². The second-order valence-electron chi connectivity index (χ2n) is 3.62. The number of benzene rings is 1. The summed E-state index contributed by atoms with van der Waals surface area (Å²) in [6, 6.07) is 9.22. The molecule has 2 aliphatic heterocycles. The number of para-hydroxylation sites is 1. The lowest BCUT2D eigenvalue weighted by atomic mass is 10.1. The lowest BCUT2D eigenvalue weighted by Gasteiger charge is -2.03. The summed E-state index contributed by atoms with van der Waals surface area (Å²) in [5, 5.41) is 1.09. The summed E-state index contributed by atoms with van der Waals surface area (Å²) in [6.07, 6.45) is 3.30. The average molecular weight is 211 g/mol. The summed E-state index contributed by atoms with van der Waals surface area (Å²) in [5.74, 6) is 0. The van der Waals surface area contributed by atoms with Gasteiger partial charge in [0.15, 0.2) is 0 Å². The maximum atomic E-state index is 11.0. The number of rotatable bonds is 0. The summed E-state index contributed by atoms with van der Waals surface area (Å²) in [7, 11) is 0. The second-order valence-corrected chi connectivity index (χ2v) is 3.62. The van der Waals surface area contributed by atoms with Crippen LogP contribution in [0.5, 0.6) is 0 Å². The molecule has 4 nitrogen and oxygen atoms in total. The first kappa shape index (κ1) is 8.91. The highest BCUT2D eigenvalue weighted by Crippen LogP contribution is 2.29. The Balaban J connectivity index is 2.37. The van der Waals surface area contributed by atoms with Crippen molar-refractivity contribution in [3.8, 4) is 11.3 Å². The van der Waals surface area contributed by atoms with Gasteiger partial charge < -0.3 is 5.73 Å². The van der Waals surface area contributed by atoms with E-state index in [0.29, 0.717) is 0 Å². The molecule has 2 N–H and O–H groups in total. The van der Waals surface area contributed by atoms with E-state index in [1.165, 1.54) is 4.57 Å². The Bertz CT molecular complexity index is 656. The molecule has 3 rings (SSSR count). The summed E-state index contributed by atoms with van der Waals surface area (Å²) in [5.41, 5.74) is 7.94. The molecule has 2 aliphatic rings. The summed E-state index contributed by atoms with van der Waals surface area (Å²) in [6.45, 7) is 0. The van der Waals surface area contributed by atoms with E-state index in [0.717, 1.165) is 22.2 Å². The van der Waals surface area contributed by atoms with E-state index in [2.05, 4.69) is 4.98 Å². The number of carbonyl (C=O) groups excluding carboxylic acids is 1. The topological polar surface area (TPSA) is 60.9 Å². The molecular formula is C12H9N3O.